The second-order valence-corrected chi connectivity index (χ2v) is 4.93. The van der Waals surface area contributed by atoms with Gasteiger partial charge in [0.25, 0.3) is 0 Å². The average Bonchev–Trinajstić information content (AvgIpc) is 2.44. The fourth-order valence-electron chi connectivity index (χ4n) is 2.21. The van der Waals surface area contributed by atoms with Gasteiger partial charge in [-0.15, -0.1) is 0 Å². The van der Waals surface area contributed by atoms with Gasteiger partial charge in [-0.2, -0.15) is 0 Å². The van der Waals surface area contributed by atoms with Crippen LogP contribution in [0, 0.1) is 19.7 Å². The summed E-state index contributed by atoms with van der Waals surface area (Å²) in [6, 6.07) is 5.09. The number of anilines is 1. The number of halogens is 1. The minimum atomic E-state index is -0.192. The van der Waals surface area contributed by atoms with E-state index >= 15 is 0 Å². The molecule has 0 fully saturated rings. The summed E-state index contributed by atoms with van der Waals surface area (Å²) in [6.45, 7) is 5.85. The maximum Gasteiger partial charge on any atom is 0.132 e. The molecule has 0 radical (unpaired) electrons. The molecule has 106 valence electrons. The van der Waals surface area contributed by atoms with Crippen molar-refractivity contribution in [1.29, 1.82) is 0 Å². The molecule has 0 aliphatic heterocycles. The van der Waals surface area contributed by atoms with E-state index in [-0.39, 0.29) is 5.82 Å². The lowest BCUT2D eigenvalue weighted by molar-refractivity contribution is 0.618. The molecule has 0 aliphatic rings. The van der Waals surface area contributed by atoms with Crippen LogP contribution in [0.3, 0.4) is 0 Å². The Balaban J connectivity index is 2.58. The van der Waals surface area contributed by atoms with Gasteiger partial charge >= 0.3 is 0 Å². The molecule has 2 rings (SSSR count). The van der Waals surface area contributed by atoms with E-state index < -0.39 is 0 Å². The third-order valence-corrected chi connectivity index (χ3v) is 3.33. The SMILES string of the molecule is CCCc1nc(NC)c(C)c(-c2ccc(F)c(C)c2)n1. The summed E-state index contributed by atoms with van der Waals surface area (Å²) in [5, 5.41) is 3.11. The predicted molar refractivity (Wildman–Crippen MR) is 80.4 cm³/mol. The molecule has 0 saturated carbocycles. The zero-order valence-corrected chi connectivity index (χ0v) is 12.4. The fourth-order valence-corrected chi connectivity index (χ4v) is 2.21. The van der Waals surface area contributed by atoms with Crippen LogP contribution in [0.4, 0.5) is 10.2 Å². The van der Waals surface area contributed by atoms with E-state index in [2.05, 4.69) is 22.2 Å². The summed E-state index contributed by atoms with van der Waals surface area (Å²) >= 11 is 0. The van der Waals surface area contributed by atoms with Crippen molar-refractivity contribution in [3.05, 3.63) is 41.0 Å². The van der Waals surface area contributed by atoms with Gasteiger partial charge in [0.15, 0.2) is 0 Å². The first-order valence-electron chi connectivity index (χ1n) is 6.88. The fraction of sp³-hybridized carbons (Fsp3) is 0.375. The van der Waals surface area contributed by atoms with Gasteiger partial charge in [-0.05, 0) is 44.0 Å². The van der Waals surface area contributed by atoms with Crippen LogP contribution in [-0.2, 0) is 6.42 Å². The molecule has 20 heavy (non-hydrogen) atoms. The number of nitrogens with zero attached hydrogens (tertiary/aromatic N) is 2. The summed E-state index contributed by atoms with van der Waals surface area (Å²) in [7, 11) is 1.85. The van der Waals surface area contributed by atoms with Crippen LogP contribution in [-0.4, -0.2) is 17.0 Å². The van der Waals surface area contributed by atoms with Crippen LogP contribution in [0.15, 0.2) is 18.2 Å². The summed E-state index contributed by atoms with van der Waals surface area (Å²) in [5.74, 6) is 1.46. The van der Waals surface area contributed by atoms with E-state index in [1.807, 2.05) is 20.0 Å². The number of hydrogen-bond acceptors (Lipinski definition) is 3. The summed E-state index contributed by atoms with van der Waals surface area (Å²) in [4.78, 5) is 9.15. The predicted octanol–water partition coefficient (Wildman–Crippen LogP) is 3.89. The van der Waals surface area contributed by atoms with E-state index in [0.29, 0.717) is 5.56 Å². The zero-order chi connectivity index (χ0) is 14.7. The number of rotatable bonds is 4. The lowest BCUT2D eigenvalue weighted by Crippen LogP contribution is -2.05. The van der Waals surface area contributed by atoms with E-state index in [1.54, 1.807) is 13.0 Å². The Labute approximate surface area is 119 Å². The molecule has 1 N–H and O–H groups in total. The van der Waals surface area contributed by atoms with Crippen molar-refractivity contribution < 1.29 is 4.39 Å². The highest BCUT2D eigenvalue weighted by molar-refractivity contribution is 5.68. The summed E-state index contributed by atoms with van der Waals surface area (Å²) in [5.41, 5.74) is 3.41. The molecule has 0 aliphatic carbocycles. The number of aromatic nitrogens is 2. The smallest absolute Gasteiger partial charge is 0.132 e. The molecule has 0 amide bonds. The Kier molecular flexibility index (Phi) is 4.32. The van der Waals surface area contributed by atoms with Crippen molar-refractivity contribution in [3.8, 4) is 11.3 Å². The lowest BCUT2D eigenvalue weighted by atomic mass is 10.0. The van der Waals surface area contributed by atoms with Crippen LogP contribution in [0.1, 0.15) is 30.3 Å². The second kappa shape index (κ2) is 5.99. The monoisotopic (exact) mass is 273 g/mol. The summed E-state index contributed by atoms with van der Waals surface area (Å²) in [6.07, 6.45) is 1.83. The van der Waals surface area contributed by atoms with Crippen molar-refractivity contribution in [1.82, 2.24) is 9.97 Å². The van der Waals surface area contributed by atoms with Gasteiger partial charge in [-0.25, -0.2) is 14.4 Å². The summed E-state index contributed by atoms with van der Waals surface area (Å²) < 4.78 is 13.4. The van der Waals surface area contributed by atoms with E-state index in [1.165, 1.54) is 6.07 Å². The van der Waals surface area contributed by atoms with Crippen molar-refractivity contribution in [2.75, 3.05) is 12.4 Å². The zero-order valence-electron chi connectivity index (χ0n) is 12.4. The van der Waals surface area contributed by atoms with Gasteiger partial charge in [0.1, 0.15) is 17.5 Å². The lowest BCUT2D eigenvalue weighted by Gasteiger charge is -2.12. The quantitative estimate of drug-likeness (QED) is 0.918. The Morgan fingerprint density at radius 1 is 1.20 bits per heavy atom. The Hall–Kier alpha value is -1.97. The van der Waals surface area contributed by atoms with Crippen molar-refractivity contribution >= 4 is 5.82 Å². The maximum absolute atomic E-state index is 13.4. The number of aryl methyl sites for hydroxylation is 2. The third-order valence-electron chi connectivity index (χ3n) is 3.33. The van der Waals surface area contributed by atoms with Gasteiger partial charge in [0.2, 0.25) is 0 Å². The van der Waals surface area contributed by atoms with Gasteiger partial charge in [-0.1, -0.05) is 6.92 Å². The van der Waals surface area contributed by atoms with Crippen LogP contribution in [0.2, 0.25) is 0 Å². The number of benzene rings is 1. The largest absolute Gasteiger partial charge is 0.373 e. The molecule has 0 saturated heterocycles. The molecule has 1 heterocycles. The molecule has 4 heteroatoms. The average molecular weight is 273 g/mol. The van der Waals surface area contributed by atoms with Crippen LogP contribution < -0.4 is 5.32 Å². The first kappa shape index (κ1) is 14.4. The standard InChI is InChI=1S/C16H20FN3/c1-5-6-14-19-15(11(3)16(18-4)20-14)12-7-8-13(17)10(2)9-12/h7-9H,5-6H2,1-4H3,(H,18,19,20). The van der Waals surface area contributed by atoms with E-state index in [9.17, 15) is 4.39 Å². The highest BCUT2D eigenvalue weighted by atomic mass is 19.1. The second-order valence-electron chi connectivity index (χ2n) is 4.93. The Morgan fingerprint density at radius 3 is 2.55 bits per heavy atom. The molecule has 0 bridgehead atoms. The number of hydrogen-bond donors (Lipinski definition) is 1. The molecule has 2 aromatic rings. The molecule has 1 aromatic heterocycles. The van der Waals surface area contributed by atoms with E-state index in [0.717, 1.165) is 41.3 Å². The highest BCUT2D eigenvalue weighted by Crippen LogP contribution is 2.27. The Morgan fingerprint density at radius 2 is 1.95 bits per heavy atom. The van der Waals surface area contributed by atoms with Gasteiger partial charge in [0, 0.05) is 24.6 Å². The van der Waals surface area contributed by atoms with Crippen molar-refractivity contribution in [3.63, 3.8) is 0 Å². The highest BCUT2D eigenvalue weighted by Gasteiger charge is 2.12. The van der Waals surface area contributed by atoms with Crippen molar-refractivity contribution in [2.24, 2.45) is 0 Å². The van der Waals surface area contributed by atoms with Gasteiger partial charge in [0.05, 0.1) is 5.69 Å². The molecule has 0 atom stereocenters. The minimum Gasteiger partial charge on any atom is -0.373 e. The first-order chi connectivity index (χ1) is 9.56. The van der Waals surface area contributed by atoms with Crippen LogP contribution in [0.25, 0.3) is 11.3 Å². The third kappa shape index (κ3) is 2.79. The molecular weight excluding hydrogens is 253 g/mol. The molecule has 1 aromatic carbocycles. The van der Waals surface area contributed by atoms with Crippen molar-refractivity contribution in [2.45, 2.75) is 33.6 Å². The first-order valence-corrected chi connectivity index (χ1v) is 6.88. The van der Waals surface area contributed by atoms with Gasteiger partial charge < -0.3 is 5.32 Å². The van der Waals surface area contributed by atoms with Crippen LogP contribution >= 0.6 is 0 Å². The minimum absolute atomic E-state index is 0.192. The normalized spacial score (nSPS) is 10.7. The maximum atomic E-state index is 13.4. The molecule has 0 spiro atoms. The molecule has 0 unspecified atom stereocenters. The van der Waals surface area contributed by atoms with Crippen LogP contribution in [0.5, 0.6) is 0 Å². The number of nitrogens with one attached hydrogen (secondary N) is 1. The van der Waals surface area contributed by atoms with E-state index in [4.69, 9.17) is 0 Å². The molecular formula is C16H20FN3. The molecule has 3 nitrogen and oxygen atoms in total. The topological polar surface area (TPSA) is 37.8 Å². The Bertz CT molecular complexity index is 623. The van der Waals surface area contributed by atoms with Gasteiger partial charge in [-0.3, -0.25) is 0 Å².